The summed E-state index contributed by atoms with van der Waals surface area (Å²) < 4.78 is 5.30. The molecule has 0 spiro atoms. The quantitative estimate of drug-likeness (QED) is 0.751. The van der Waals surface area contributed by atoms with Gasteiger partial charge in [-0.3, -0.25) is 0 Å². The van der Waals surface area contributed by atoms with Crippen LogP contribution in [0.1, 0.15) is 48.5 Å². The Balaban J connectivity index is 1.82. The van der Waals surface area contributed by atoms with E-state index in [1.54, 1.807) is 0 Å². The first-order valence-electron chi connectivity index (χ1n) is 7.35. The van der Waals surface area contributed by atoms with Gasteiger partial charge in [-0.05, 0) is 37.4 Å². The van der Waals surface area contributed by atoms with Crippen molar-refractivity contribution in [1.29, 1.82) is 0 Å². The third-order valence-corrected chi connectivity index (χ3v) is 3.46. The van der Waals surface area contributed by atoms with Crippen molar-refractivity contribution in [3.8, 4) is 0 Å². The zero-order valence-corrected chi connectivity index (χ0v) is 12.1. The number of benzene rings is 1. The highest BCUT2D eigenvalue weighted by Crippen LogP contribution is 2.12. The van der Waals surface area contributed by atoms with Gasteiger partial charge in [0.2, 0.25) is 5.89 Å². The lowest BCUT2D eigenvalue weighted by Crippen LogP contribution is -1.98. The lowest BCUT2D eigenvalue weighted by Gasteiger charge is -2.00. The molecule has 2 rings (SSSR count). The SMILES string of the molecule is Cc1ccccc1Cc1noc(CCCCCCN)n1. The monoisotopic (exact) mass is 273 g/mol. The minimum Gasteiger partial charge on any atom is -0.339 e. The summed E-state index contributed by atoms with van der Waals surface area (Å²) in [5.74, 6) is 1.53. The predicted octanol–water partition coefficient (Wildman–Crippen LogP) is 3.03. The van der Waals surface area contributed by atoms with Gasteiger partial charge in [-0.25, -0.2) is 0 Å². The number of aromatic nitrogens is 2. The molecule has 4 nitrogen and oxygen atoms in total. The molecule has 0 saturated heterocycles. The topological polar surface area (TPSA) is 64.9 Å². The second-order valence-corrected chi connectivity index (χ2v) is 5.16. The Hall–Kier alpha value is -1.68. The van der Waals surface area contributed by atoms with Gasteiger partial charge in [0.25, 0.3) is 0 Å². The van der Waals surface area contributed by atoms with E-state index in [1.807, 2.05) is 12.1 Å². The molecule has 0 aliphatic rings. The molecule has 0 atom stereocenters. The van der Waals surface area contributed by atoms with Crippen LogP contribution in [0.5, 0.6) is 0 Å². The fraction of sp³-hybridized carbons (Fsp3) is 0.500. The van der Waals surface area contributed by atoms with Gasteiger partial charge < -0.3 is 10.3 Å². The van der Waals surface area contributed by atoms with Crippen LogP contribution in [0, 0.1) is 6.92 Å². The molecular formula is C16H23N3O. The fourth-order valence-corrected chi connectivity index (χ4v) is 2.22. The van der Waals surface area contributed by atoms with Crippen LogP contribution in [0.25, 0.3) is 0 Å². The van der Waals surface area contributed by atoms with Crippen LogP contribution in [0.3, 0.4) is 0 Å². The minimum absolute atomic E-state index is 0.739. The maximum atomic E-state index is 5.47. The van der Waals surface area contributed by atoms with E-state index < -0.39 is 0 Å². The van der Waals surface area contributed by atoms with E-state index in [-0.39, 0.29) is 0 Å². The Morgan fingerprint density at radius 2 is 1.90 bits per heavy atom. The molecule has 2 N–H and O–H groups in total. The van der Waals surface area contributed by atoms with Gasteiger partial charge in [0, 0.05) is 12.8 Å². The highest BCUT2D eigenvalue weighted by atomic mass is 16.5. The molecule has 1 heterocycles. The lowest BCUT2D eigenvalue weighted by molar-refractivity contribution is 0.369. The largest absolute Gasteiger partial charge is 0.339 e. The van der Waals surface area contributed by atoms with Gasteiger partial charge in [-0.15, -0.1) is 0 Å². The Bertz CT molecular complexity index is 522. The molecule has 0 radical (unpaired) electrons. The molecule has 0 unspecified atom stereocenters. The van der Waals surface area contributed by atoms with E-state index >= 15 is 0 Å². The van der Waals surface area contributed by atoms with Gasteiger partial charge in [-0.2, -0.15) is 4.98 Å². The van der Waals surface area contributed by atoms with Crippen LogP contribution < -0.4 is 5.73 Å². The second kappa shape index (κ2) is 7.80. The van der Waals surface area contributed by atoms with E-state index in [2.05, 4.69) is 29.2 Å². The Kier molecular flexibility index (Phi) is 5.74. The summed E-state index contributed by atoms with van der Waals surface area (Å²) in [4.78, 5) is 4.46. The Labute approximate surface area is 120 Å². The van der Waals surface area contributed by atoms with E-state index in [1.165, 1.54) is 24.0 Å². The number of hydrogen-bond acceptors (Lipinski definition) is 4. The van der Waals surface area contributed by atoms with Gasteiger partial charge >= 0.3 is 0 Å². The summed E-state index contributed by atoms with van der Waals surface area (Å²) in [5, 5.41) is 4.06. The third kappa shape index (κ3) is 4.46. The first-order valence-corrected chi connectivity index (χ1v) is 7.35. The Morgan fingerprint density at radius 1 is 1.10 bits per heavy atom. The van der Waals surface area contributed by atoms with Crippen molar-refractivity contribution in [3.63, 3.8) is 0 Å². The molecule has 0 amide bonds. The molecule has 0 saturated carbocycles. The van der Waals surface area contributed by atoms with Crippen molar-refractivity contribution < 1.29 is 4.52 Å². The first kappa shape index (κ1) is 14.7. The molecule has 0 aliphatic heterocycles. The average Bonchev–Trinajstić information content (AvgIpc) is 2.89. The van der Waals surface area contributed by atoms with Crippen molar-refractivity contribution in [2.45, 2.75) is 45.4 Å². The summed E-state index contributed by atoms with van der Waals surface area (Å²) in [6.45, 7) is 2.88. The number of hydrogen-bond donors (Lipinski definition) is 1. The lowest BCUT2D eigenvalue weighted by atomic mass is 10.1. The second-order valence-electron chi connectivity index (χ2n) is 5.16. The molecule has 4 heteroatoms. The van der Waals surface area contributed by atoms with Crippen LogP contribution in [0.4, 0.5) is 0 Å². The smallest absolute Gasteiger partial charge is 0.226 e. The first-order chi connectivity index (χ1) is 9.79. The van der Waals surface area contributed by atoms with E-state index in [4.69, 9.17) is 10.3 Å². The van der Waals surface area contributed by atoms with E-state index in [0.29, 0.717) is 0 Å². The molecule has 0 aliphatic carbocycles. The molecule has 0 bridgehead atoms. The third-order valence-electron chi connectivity index (χ3n) is 3.46. The number of rotatable bonds is 8. The summed E-state index contributed by atoms with van der Waals surface area (Å²) in [5.41, 5.74) is 7.99. The number of nitrogens with two attached hydrogens (primary N) is 1. The van der Waals surface area contributed by atoms with Crippen LogP contribution in [0.2, 0.25) is 0 Å². The number of aryl methyl sites for hydroxylation is 2. The molecule has 108 valence electrons. The highest BCUT2D eigenvalue weighted by Gasteiger charge is 2.08. The van der Waals surface area contributed by atoms with Gasteiger partial charge in [0.15, 0.2) is 5.82 Å². The molecule has 0 fully saturated rings. The summed E-state index contributed by atoms with van der Waals surface area (Å²) in [7, 11) is 0. The standard InChI is InChI=1S/C16H23N3O/c1-13-8-5-6-9-14(13)12-15-18-16(20-19-15)10-4-2-3-7-11-17/h5-6,8-9H,2-4,7,10-12,17H2,1H3. The van der Waals surface area contributed by atoms with Crippen molar-refractivity contribution >= 4 is 0 Å². The van der Waals surface area contributed by atoms with Gasteiger partial charge in [-0.1, -0.05) is 42.3 Å². The zero-order chi connectivity index (χ0) is 14.2. The van der Waals surface area contributed by atoms with Crippen LogP contribution >= 0.6 is 0 Å². The normalized spacial score (nSPS) is 10.9. The highest BCUT2D eigenvalue weighted by molar-refractivity contribution is 5.27. The van der Waals surface area contributed by atoms with Crippen LogP contribution in [0.15, 0.2) is 28.8 Å². The van der Waals surface area contributed by atoms with Gasteiger partial charge in [0.05, 0.1) is 0 Å². The number of unbranched alkanes of at least 4 members (excludes halogenated alkanes) is 3. The van der Waals surface area contributed by atoms with E-state index in [0.717, 1.165) is 43.9 Å². The van der Waals surface area contributed by atoms with Crippen LogP contribution in [-0.4, -0.2) is 16.7 Å². The van der Waals surface area contributed by atoms with Gasteiger partial charge in [0.1, 0.15) is 0 Å². The molecular weight excluding hydrogens is 250 g/mol. The summed E-state index contributed by atoms with van der Waals surface area (Å²) in [6.07, 6.45) is 6.15. The average molecular weight is 273 g/mol. The van der Waals surface area contributed by atoms with Crippen LogP contribution in [-0.2, 0) is 12.8 Å². The minimum atomic E-state index is 0.739. The molecule has 2 aromatic rings. The van der Waals surface area contributed by atoms with Crippen molar-refractivity contribution in [2.75, 3.05) is 6.54 Å². The summed E-state index contributed by atoms with van der Waals surface area (Å²) >= 11 is 0. The summed E-state index contributed by atoms with van der Waals surface area (Å²) in [6, 6.07) is 8.30. The predicted molar refractivity (Wildman–Crippen MR) is 79.5 cm³/mol. The van der Waals surface area contributed by atoms with Crippen molar-refractivity contribution in [2.24, 2.45) is 5.73 Å². The van der Waals surface area contributed by atoms with E-state index in [9.17, 15) is 0 Å². The maximum Gasteiger partial charge on any atom is 0.226 e. The zero-order valence-electron chi connectivity index (χ0n) is 12.1. The molecule has 1 aromatic carbocycles. The fourth-order valence-electron chi connectivity index (χ4n) is 2.22. The van der Waals surface area contributed by atoms with Crippen molar-refractivity contribution in [1.82, 2.24) is 10.1 Å². The van der Waals surface area contributed by atoms with Crippen molar-refractivity contribution in [3.05, 3.63) is 47.1 Å². The molecule has 20 heavy (non-hydrogen) atoms. The maximum absolute atomic E-state index is 5.47. The Morgan fingerprint density at radius 3 is 2.70 bits per heavy atom. The number of nitrogens with zero attached hydrogens (tertiary/aromatic N) is 2. The molecule has 1 aromatic heterocycles.